The molecule has 1 amide bonds. The molecule has 2 aromatic carbocycles. The fraction of sp³-hybridized carbons (Fsp3) is 0.333. The van der Waals surface area contributed by atoms with E-state index < -0.39 is 0 Å². The molecule has 0 spiro atoms. The van der Waals surface area contributed by atoms with Gasteiger partial charge in [-0.25, -0.2) is 4.68 Å². The number of benzene rings is 2. The Morgan fingerprint density at radius 3 is 2.53 bits per heavy atom. The van der Waals surface area contributed by atoms with Crippen LogP contribution >= 0.6 is 0 Å². The summed E-state index contributed by atoms with van der Waals surface area (Å²) in [6.45, 7) is 2.74. The van der Waals surface area contributed by atoms with Crippen LogP contribution in [0.4, 0.5) is 0 Å². The smallest absolute Gasteiger partial charge is 0.271 e. The minimum atomic E-state index is -0.157. The molecule has 6 nitrogen and oxygen atoms in total. The number of carbonyl (C=O) groups is 1. The molecular weight excluding hydrogens is 376 g/mol. The van der Waals surface area contributed by atoms with Crippen molar-refractivity contribution in [2.45, 2.75) is 31.8 Å². The van der Waals surface area contributed by atoms with Crippen LogP contribution in [0, 0.1) is 0 Å². The highest BCUT2D eigenvalue weighted by atomic mass is 16.5. The summed E-state index contributed by atoms with van der Waals surface area (Å²) in [6.07, 6.45) is 2.50. The molecular formula is C24H28N4O2. The van der Waals surface area contributed by atoms with Crippen molar-refractivity contribution in [2.75, 3.05) is 20.7 Å². The lowest BCUT2D eigenvalue weighted by Gasteiger charge is -2.24. The number of hydrogen-bond acceptors (Lipinski definition) is 4. The minimum Gasteiger partial charge on any atom is -0.497 e. The Morgan fingerprint density at radius 2 is 1.90 bits per heavy atom. The van der Waals surface area contributed by atoms with Gasteiger partial charge in [-0.2, -0.15) is 5.10 Å². The zero-order valence-electron chi connectivity index (χ0n) is 17.7. The molecule has 6 heteroatoms. The summed E-state index contributed by atoms with van der Waals surface area (Å²) in [5.41, 5.74) is 3.14. The Labute approximate surface area is 177 Å². The summed E-state index contributed by atoms with van der Waals surface area (Å²) in [7, 11) is 3.77. The van der Waals surface area contributed by atoms with Crippen LogP contribution in [0.3, 0.4) is 0 Å². The number of rotatable bonds is 8. The second-order valence-corrected chi connectivity index (χ2v) is 7.85. The molecule has 1 fully saturated rings. The van der Waals surface area contributed by atoms with Crippen LogP contribution in [0.5, 0.6) is 5.75 Å². The predicted molar refractivity (Wildman–Crippen MR) is 118 cm³/mol. The average Bonchev–Trinajstić information content (AvgIpc) is 3.55. The monoisotopic (exact) mass is 404 g/mol. The van der Waals surface area contributed by atoms with Gasteiger partial charge in [-0.15, -0.1) is 0 Å². The van der Waals surface area contributed by atoms with Crippen LogP contribution < -0.4 is 10.1 Å². The van der Waals surface area contributed by atoms with Crippen molar-refractivity contribution in [1.29, 1.82) is 0 Å². The fourth-order valence-corrected chi connectivity index (χ4v) is 3.54. The molecule has 0 bridgehead atoms. The molecule has 1 aromatic heterocycles. The van der Waals surface area contributed by atoms with E-state index in [0.717, 1.165) is 22.7 Å². The SMILES string of the molecule is COc1ccc(-c2cc(C(=O)NCC(C)N(C)C3CC3)nn2-c2ccccc2)cc1. The Balaban J connectivity index is 1.58. The maximum atomic E-state index is 12.9. The first-order valence-electron chi connectivity index (χ1n) is 10.4. The van der Waals surface area contributed by atoms with E-state index in [1.807, 2.05) is 65.3 Å². The van der Waals surface area contributed by atoms with E-state index in [2.05, 4.69) is 29.3 Å². The zero-order chi connectivity index (χ0) is 21.1. The largest absolute Gasteiger partial charge is 0.497 e. The Hall–Kier alpha value is -3.12. The average molecular weight is 405 g/mol. The van der Waals surface area contributed by atoms with Crippen LogP contribution in [0.1, 0.15) is 30.3 Å². The van der Waals surface area contributed by atoms with Gasteiger partial charge in [0.05, 0.1) is 18.5 Å². The van der Waals surface area contributed by atoms with Gasteiger partial charge in [0.1, 0.15) is 5.75 Å². The van der Waals surface area contributed by atoms with E-state index in [1.54, 1.807) is 7.11 Å². The Kier molecular flexibility index (Phi) is 5.86. The van der Waals surface area contributed by atoms with E-state index in [1.165, 1.54) is 12.8 Å². The number of para-hydroxylation sites is 1. The molecule has 156 valence electrons. The summed E-state index contributed by atoms with van der Waals surface area (Å²) < 4.78 is 7.08. The summed E-state index contributed by atoms with van der Waals surface area (Å²) in [4.78, 5) is 15.2. The third-order valence-corrected chi connectivity index (χ3v) is 5.70. The van der Waals surface area contributed by atoms with Crippen molar-refractivity contribution < 1.29 is 9.53 Å². The van der Waals surface area contributed by atoms with Gasteiger partial charge in [0.25, 0.3) is 5.91 Å². The van der Waals surface area contributed by atoms with Gasteiger partial charge >= 0.3 is 0 Å². The lowest BCUT2D eigenvalue weighted by molar-refractivity contribution is 0.0934. The van der Waals surface area contributed by atoms with Crippen molar-refractivity contribution in [3.63, 3.8) is 0 Å². The molecule has 30 heavy (non-hydrogen) atoms. The van der Waals surface area contributed by atoms with Crippen molar-refractivity contribution in [2.24, 2.45) is 0 Å². The van der Waals surface area contributed by atoms with Gasteiger partial charge in [0.15, 0.2) is 5.69 Å². The quantitative estimate of drug-likeness (QED) is 0.621. The molecule has 1 aliphatic rings. The van der Waals surface area contributed by atoms with E-state index in [9.17, 15) is 4.79 Å². The first-order valence-corrected chi connectivity index (χ1v) is 10.4. The van der Waals surface area contributed by atoms with Crippen LogP contribution in [0.15, 0.2) is 60.7 Å². The van der Waals surface area contributed by atoms with Crippen molar-refractivity contribution >= 4 is 5.91 Å². The van der Waals surface area contributed by atoms with Crippen LogP contribution in [-0.4, -0.2) is 53.4 Å². The van der Waals surface area contributed by atoms with Gasteiger partial charge in [-0.3, -0.25) is 9.69 Å². The second kappa shape index (κ2) is 8.71. The second-order valence-electron chi connectivity index (χ2n) is 7.85. The van der Waals surface area contributed by atoms with Crippen molar-refractivity contribution in [1.82, 2.24) is 20.0 Å². The highest BCUT2D eigenvalue weighted by Gasteiger charge is 2.29. The Bertz CT molecular complexity index is 994. The first kappa shape index (κ1) is 20.2. The summed E-state index contributed by atoms with van der Waals surface area (Å²) >= 11 is 0. The number of hydrogen-bond donors (Lipinski definition) is 1. The normalized spacial score (nSPS) is 14.5. The van der Waals surface area contributed by atoms with Gasteiger partial charge in [0.2, 0.25) is 0 Å². The number of nitrogens with zero attached hydrogens (tertiary/aromatic N) is 3. The van der Waals surface area contributed by atoms with Gasteiger partial charge < -0.3 is 10.1 Å². The number of carbonyl (C=O) groups excluding carboxylic acids is 1. The molecule has 1 aliphatic carbocycles. The molecule has 3 aromatic rings. The molecule has 1 heterocycles. The maximum Gasteiger partial charge on any atom is 0.271 e. The number of aromatic nitrogens is 2. The Morgan fingerprint density at radius 1 is 1.20 bits per heavy atom. The van der Waals surface area contributed by atoms with E-state index in [0.29, 0.717) is 24.3 Å². The summed E-state index contributed by atoms with van der Waals surface area (Å²) in [5, 5.41) is 7.68. The van der Waals surface area contributed by atoms with Crippen LogP contribution in [0.2, 0.25) is 0 Å². The third kappa shape index (κ3) is 4.39. The highest BCUT2D eigenvalue weighted by molar-refractivity contribution is 5.93. The fourth-order valence-electron chi connectivity index (χ4n) is 3.54. The lowest BCUT2D eigenvalue weighted by Crippen LogP contribution is -2.41. The molecule has 0 radical (unpaired) electrons. The van der Waals surface area contributed by atoms with Gasteiger partial charge in [-0.05, 0) is 69.3 Å². The van der Waals surface area contributed by atoms with E-state index >= 15 is 0 Å². The molecule has 0 aliphatic heterocycles. The zero-order valence-corrected chi connectivity index (χ0v) is 17.7. The number of nitrogens with one attached hydrogen (secondary N) is 1. The first-order chi connectivity index (χ1) is 14.6. The molecule has 1 saturated carbocycles. The summed E-state index contributed by atoms with van der Waals surface area (Å²) in [6, 6.07) is 20.4. The summed E-state index contributed by atoms with van der Waals surface area (Å²) in [5.74, 6) is 0.631. The maximum absolute atomic E-state index is 12.9. The molecule has 1 atom stereocenters. The number of methoxy groups -OCH3 is 1. The standard InChI is InChI=1S/C24H28N4O2/c1-17(27(2)19-11-12-19)16-25-24(29)22-15-23(18-9-13-21(30-3)14-10-18)28(26-22)20-7-5-4-6-8-20/h4-10,13-15,17,19H,11-12,16H2,1-3H3,(H,25,29). The number of ether oxygens (including phenoxy) is 1. The highest BCUT2D eigenvalue weighted by Crippen LogP contribution is 2.27. The molecule has 1 N–H and O–H groups in total. The number of likely N-dealkylation sites (N-methyl/N-ethyl adjacent to an activating group) is 1. The third-order valence-electron chi connectivity index (χ3n) is 5.70. The van der Waals surface area contributed by atoms with Crippen molar-refractivity contribution in [3.8, 4) is 22.7 Å². The molecule has 1 unspecified atom stereocenters. The van der Waals surface area contributed by atoms with Gasteiger partial charge in [0, 0.05) is 24.2 Å². The topological polar surface area (TPSA) is 59.4 Å². The van der Waals surface area contributed by atoms with E-state index in [4.69, 9.17) is 4.74 Å². The predicted octanol–water partition coefficient (Wildman–Crippen LogP) is 3.76. The minimum absolute atomic E-state index is 0.157. The van der Waals surface area contributed by atoms with Crippen LogP contribution in [0.25, 0.3) is 16.9 Å². The molecule has 4 rings (SSSR count). The number of amides is 1. The van der Waals surface area contributed by atoms with Crippen LogP contribution in [-0.2, 0) is 0 Å². The van der Waals surface area contributed by atoms with Crippen molar-refractivity contribution in [3.05, 3.63) is 66.4 Å². The molecule has 0 saturated heterocycles. The van der Waals surface area contributed by atoms with Gasteiger partial charge in [-0.1, -0.05) is 18.2 Å². The van der Waals surface area contributed by atoms with E-state index in [-0.39, 0.29) is 5.91 Å². The lowest BCUT2D eigenvalue weighted by atomic mass is 10.1.